The van der Waals surface area contributed by atoms with Gasteiger partial charge >= 0.3 is 5.97 Å². The first-order valence-corrected chi connectivity index (χ1v) is 6.80. The number of benzene rings is 2. The lowest BCUT2D eigenvalue weighted by Gasteiger charge is -2.03. The predicted molar refractivity (Wildman–Crippen MR) is 82.8 cm³/mol. The molecule has 4 nitrogen and oxygen atoms in total. The molecular weight excluding hydrogens is 295 g/mol. The molecular formula is C18H11FN2O2. The van der Waals surface area contributed by atoms with Crippen molar-refractivity contribution in [2.75, 3.05) is 0 Å². The number of halogens is 1. The number of aromatic carboxylic acids is 1. The highest BCUT2D eigenvalue weighted by atomic mass is 19.1. The Hall–Kier alpha value is -3.39. The molecule has 0 saturated heterocycles. The fourth-order valence-electron chi connectivity index (χ4n) is 2.33. The van der Waals surface area contributed by atoms with Crippen LogP contribution in [0.4, 0.5) is 4.39 Å². The SMILES string of the molecule is N#Cc1cn(-c2ccc(C(=O)O)cc2)cc1-c1ccc(F)cc1. The van der Waals surface area contributed by atoms with E-state index in [1.165, 1.54) is 24.3 Å². The van der Waals surface area contributed by atoms with Crippen molar-refractivity contribution in [3.63, 3.8) is 0 Å². The highest BCUT2D eigenvalue weighted by molar-refractivity contribution is 5.87. The van der Waals surface area contributed by atoms with E-state index in [-0.39, 0.29) is 11.4 Å². The second-order valence-corrected chi connectivity index (χ2v) is 4.96. The van der Waals surface area contributed by atoms with Gasteiger partial charge in [0.2, 0.25) is 0 Å². The molecule has 0 saturated carbocycles. The number of hydrogen-bond acceptors (Lipinski definition) is 2. The highest BCUT2D eigenvalue weighted by Gasteiger charge is 2.10. The van der Waals surface area contributed by atoms with Crippen LogP contribution in [0.15, 0.2) is 60.9 Å². The average Bonchev–Trinajstić information content (AvgIpc) is 3.00. The van der Waals surface area contributed by atoms with Crippen LogP contribution in [0.25, 0.3) is 16.8 Å². The minimum Gasteiger partial charge on any atom is -0.478 e. The zero-order valence-electron chi connectivity index (χ0n) is 11.9. The van der Waals surface area contributed by atoms with Gasteiger partial charge in [0.1, 0.15) is 11.9 Å². The summed E-state index contributed by atoms with van der Waals surface area (Å²) in [6.45, 7) is 0. The summed E-state index contributed by atoms with van der Waals surface area (Å²) in [7, 11) is 0. The summed E-state index contributed by atoms with van der Waals surface area (Å²) in [4.78, 5) is 10.9. The lowest BCUT2D eigenvalue weighted by molar-refractivity contribution is 0.0697. The first-order chi connectivity index (χ1) is 11.1. The maximum atomic E-state index is 13.0. The van der Waals surface area contributed by atoms with Crippen molar-refractivity contribution < 1.29 is 14.3 Å². The largest absolute Gasteiger partial charge is 0.478 e. The van der Waals surface area contributed by atoms with Crippen LogP contribution in [0, 0.1) is 17.1 Å². The Morgan fingerprint density at radius 3 is 2.26 bits per heavy atom. The lowest BCUT2D eigenvalue weighted by Crippen LogP contribution is -1.97. The molecule has 0 aliphatic rings. The van der Waals surface area contributed by atoms with Crippen molar-refractivity contribution in [2.45, 2.75) is 0 Å². The molecule has 0 radical (unpaired) electrons. The number of rotatable bonds is 3. The number of aromatic nitrogens is 1. The van der Waals surface area contributed by atoms with Crippen LogP contribution in [-0.2, 0) is 0 Å². The first kappa shape index (κ1) is 14.5. The van der Waals surface area contributed by atoms with Crippen molar-refractivity contribution in [1.29, 1.82) is 5.26 Å². The third-order valence-electron chi connectivity index (χ3n) is 3.51. The van der Waals surface area contributed by atoms with Crippen LogP contribution in [0.3, 0.4) is 0 Å². The maximum Gasteiger partial charge on any atom is 0.335 e. The summed E-state index contributed by atoms with van der Waals surface area (Å²) in [5.74, 6) is -1.33. The predicted octanol–water partition coefficient (Wildman–Crippen LogP) is 3.85. The molecule has 0 fully saturated rings. The average molecular weight is 306 g/mol. The highest BCUT2D eigenvalue weighted by Crippen LogP contribution is 2.26. The molecule has 23 heavy (non-hydrogen) atoms. The van der Waals surface area contributed by atoms with Gasteiger partial charge in [0.15, 0.2) is 0 Å². The van der Waals surface area contributed by atoms with Gasteiger partial charge in [0, 0.05) is 23.6 Å². The molecule has 0 atom stereocenters. The van der Waals surface area contributed by atoms with Gasteiger partial charge in [-0.1, -0.05) is 12.1 Å². The fraction of sp³-hybridized carbons (Fsp3) is 0. The van der Waals surface area contributed by atoms with E-state index < -0.39 is 5.97 Å². The molecule has 0 aliphatic heterocycles. The Balaban J connectivity index is 2.03. The molecule has 0 unspecified atom stereocenters. The van der Waals surface area contributed by atoms with Gasteiger partial charge in [0.05, 0.1) is 11.1 Å². The molecule has 112 valence electrons. The van der Waals surface area contributed by atoms with E-state index in [0.29, 0.717) is 11.1 Å². The summed E-state index contributed by atoms with van der Waals surface area (Å²) in [6, 6.07) is 14.4. The van der Waals surface area contributed by atoms with Crippen LogP contribution < -0.4 is 0 Å². The van der Waals surface area contributed by atoms with E-state index in [9.17, 15) is 14.4 Å². The first-order valence-electron chi connectivity index (χ1n) is 6.80. The van der Waals surface area contributed by atoms with Gasteiger partial charge in [-0.3, -0.25) is 0 Å². The third kappa shape index (κ3) is 2.83. The zero-order valence-corrected chi connectivity index (χ0v) is 11.9. The number of nitrogens with zero attached hydrogens (tertiary/aromatic N) is 2. The van der Waals surface area contributed by atoms with Crippen LogP contribution in [0.2, 0.25) is 0 Å². The Labute approximate surface area is 131 Å². The lowest BCUT2D eigenvalue weighted by atomic mass is 10.1. The molecule has 5 heteroatoms. The standard InChI is InChI=1S/C18H11FN2O2/c19-15-5-1-12(2-6-15)17-11-21(10-14(17)9-20)16-7-3-13(4-8-16)18(22)23/h1-8,10-11H,(H,22,23). The molecule has 1 N–H and O–H groups in total. The monoisotopic (exact) mass is 306 g/mol. The second-order valence-electron chi connectivity index (χ2n) is 4.96. The molecule has 0 amide bonds. The third-order valence-corrected chi connectivity index (χ3v) is 3.51. The van der Waals surface area contributed by atoms with Crippen molar-refractivity contribution in [2.24, 2.45) is 0 Å². The smallest absolute Gasteiger partial charge is 0.335 e. The normalized spacial score (nSPS) is 10.3. The number of carboxylic acid groups (broad SMARTS) is 1. The quantitative estimate of drug-likeness (QED) is 0.799. The number of nitriles is 1. The molecule has 3 rings (SSSR count). The van der Waals surface area contributed by atoms with Gasteiger partial charge in [-0.25, -0.2) is 9.18 Å². The molecule has 1 aromatic heterocycles. The molecule has 0 spiro atoms. The molecule has 0 aliphatic carbocycles. The van der Waals surface area contributed by atoms with Gasteiger partial charge in [-0.15, -0.1) is 0 Å². The summed E-state index contributed by atoms with van der Waals surface area (Å²) >= 11 is 0. The van der Waals surface area contributed by atoms with Crippen LogP contribution >= 0.6 is 0 Å². The van der Waals surface area contributed by atoms with E-state index in [2.05, 4.69) is 6.07 Å². The number of carbonyl (C=O) groups is 1. The minimum atomic E-state index is -0.992. The zero-order chi connectivity index (χ0) is 16.4. The Bertz CT molecular complexity index is 904. The molecule has 1 heterocycles. The molecule has 2 aromatic carbocycles. The summed E-state index contributed by atoms with van der Waals surface area (Å²) in [6.07, 6.45) is 3.43. The summed E-state index contributed by atoms with van der Waals surface area (Å²) in [5.41, 5.74) is 2.82. The van der Waals surface area contributed by atoms with Crippen LogP contribution in [0.1, 0.15) is 15.9 Å². The molecule has 3 aromatic rings. The van der Waals surface area contributed by atoms with Crippen LogP contribution in [0.5, 0.6) is 0 Å². The topological polar surface area (TPSA) is 66.0 Å². The number of carboxylic acids is 1. The van der Waals surface area contributed by atoms with Crippen LogP contribution in [-0.4, -0.2) is 15.6 Å². The summed E-state index contributed by atoms with van der Waals surface area (Å²) in [5, 5.41) is 18.2. The maximum absolute atomic E-state index is 13.0. The number of hydrogen-bond donors (Lipinski definition) is 1. The van der Waals surface area contributed by atoms with Gasteiger partial charge in [0.25, 0.3) is 0 Å². The second kappa shape index (κ2) is 5.78. The van der Waals surface area contributed by atoms with Gasteiger partial charge < -0.3 is 9.67 Å². The Morgan fingerprint density at radius 1 is 1.04 bits per heavy atom. The van der Waals surface area contributed by atoms with E-state index in [0.717, 1.165) is 11.3 Å². The molecule has 0 bridgehead atoms. The Kier molecular flexibility index (Phi) is 3.65. The van der Waals surface area contributed by atoms with E-state index in [1.54, 1.807) is 41.2 Å². The van der Waals surface area contributed by atoms with E-state index >= 15 is 0 Å². The minimum absolute atomic E-state index is 0.195. The fourth-order valence-corrected chi connectivity index (χ4v) is 2.33. The Morgan fingerprint density at radius 2 is 1.70 bits per heavy atom. The van der Waals surface area contributed by atoms with Gasteiger partial charge in [-0.05, 0) is 42.0 Å². The van der Waals surface area contributed by atoms with E-state index in [1.807, 2.05) is 0 Å². The van der Waals surface area contributed by atoms with E-state index in [4.69, 9.17) is 5.11 Å². The van der Waals surface area contributed by atoms with Crippen molar-refractivity contribution in [1.82, 2.24) is 4.57 Å². The van der Waals surface area contributed by atoms with Crippen molar-refractivity contribution in [3.05, 3.63) is 77.9 Å². The van der Waals surface area contributed by atoms with Crippen molar-refractivity contribution in [3.8, 4) is 22.9 Å². The summed E-state index contributed by atoms with van der Waals surface area (Å²) < 4.78 is 14.8. The van der Waals surface area contributed by atoms with Gasteiger partial charge in [-0.2, -0.15) is 5.26 Å². The van der Waals surface area contributed by atoms with Crippen molar-refractivity contribution >= 4 is 5.97 Å².